The average Bonchev–Trinajstić information content (AvgIpc) is 2.99. The van der Waals surface area contributed by atoms with E-state index in [2.05, 4.69) is 26.3 Å². The molecule has 3 aromatic rings. The van der Waals surface area contributed by atoms with E-state index in [4.69, 9.17) is 23.7 Å². The molecule has 5 nitrogen and oxygen atoms in total. The number of benzene rings is 3. The number of aryl methyl sites for hydroxylation is 2. The maximum atomic E-state index is 15.1. The van der Waals surface area contributed by atoms with Gasteiger partial charge in [0.15, 0.2) is 0 Å². The van der Waals surface area contributed by atoms with Crippen molar-refractivity contribution in [2.45, 2.75) is 38.9 Å². The predicted octanol–water partition coefficient (Wildman–Crippen LogP) is 8.26. The van der Waals surface area contributed by atoms with Crippen molar-refractivity contribution in [1.29, 1.82) is 0 Å². The fraction of sp³-hybridized carbons (Fsp3) is 0.278. The van der Waals surface area contributed by atoms with E-state index in [1.807, 2.05) is 74.5 Å². The second-order valence-corrected chi connectivity index (χ2v) is 9.91. The van der Waals surface area contributed by atoms with Gasteiger partial charge in [0.05, 0.1) is 13.2 Å². The van der Waals surface area contributed by atoms with Gasteiger partial charge in [0.1, 0.15) is 54.3 Å². The minimum absolute atomic E-state index is 0.124. The van der Waals surface area contributed by atoms with E-state index in [0.717, 1.165) is 35.3 Å². The summed E-state index contributed by atoms with van der Waals surface area (Å²) >= 11 is 0. The molecule has 3 rings (SSSR count). The van der Waals surface area contributed by atoms with E-state index in [1.54, 1.807) is 18.2 Å². The first kappa shape index (κ1) is 32.2. The van der Waals surface area contributed by atoms with Crippen molar-refractivity contribution >= 4 is 0 Å². The van der Waals surface area contributed by atoms with Crippen LogP contribution in [0, 0.1) is 5.82 Å². The molecule has 0 spiro atoms. The number of allylic oxidation sites excluding steroid dienone is 2. The molecule has 222 valence electrons. The van der Waals surface area contributed by atoms with E-state index < -0.39 is 0 Å². The molecule has 3 aromatic carbocycles. The zero-order chi connectivity index (χ0) is 30.3. The lowest BCUT2D eigenvalue weighted by atomic mass is 9.99. The van der Waals surface area contributed by atoms with Crippen molar-refractivity contribution in [2.24, 2.45) is 0 Å². The van der Waals surface area contributed by atoms with Crippen molar-refractivity contribution < 1.29 is 28.1 Å². The van der Waals surface area contributed by atoms with Crippen LogP contribution in [0.4, 0.5) is 4.39 Å². The smallest absolute Gasteiger partial charge is 0.131 e. The van der Waals surface area contributed by atoms with E-state index in [0.29, 0.717) is 49.3 Å². The molecule has 0 amide bonds. The molecule has 0 aliphatic rings. The molecule has 2 atom stereocenters. The summed E-state index contributed by atoms with van der Waals surface area (Å²) in [5.41, 5.74) is 3.44. The summed E-state index contributed by atoms with van der Waals surface area (Å²) in [4.78, 5) is 0. The van der Waals surface area contributed by atoms with Crippen LogP contribution >= 0.6 is 0 Å². The lowest BCUT2D eigenvalue weighted by Crippen LogP contribution is -2.20. The zero-order valence-electron chi connectivity index (χ0n) is 24.7. The largest absolute Gasteiger partial charge is 0.492 e. The van der Waals surface area contributed by atoms with Crippen LogP contribution in [0.15, 0.2) is 117 Å². The Labute approximate surface area is 249 Å². The Balaban J connectivity index is 1.45. The SMILES string of the molecule is C=CC(=C)OCCOC[C@@H](C)Oc1ccc(-c2ccc(CCc3ccc(O[C@@H](C)COC(=C)C=C)cc3)cc2F)cc1. The molecule has 0 unspecified atom stereocenters. The Morgan fingerprint density at radius 1 is 0.714 bits per heavy atom. The van der Waals surface area contributed by atoms with Gasteiger partial charge in [0, 0.05) is 5.56 Å². The van der Waals surface area contributed by atoms with Crippen LogP contribution in [-0.2, 0) is 27.1 Å². The second-order valence-electron chi connectivity index (χ2n) is 9.91. The van der Waals surface area contributed by atoms with Crippen LogP contribution in [0.2, 0.25) is 0 Å². The van der Waals surface area contributed by atoms with Crippen molar-refractivity contribution in [3.8, 4) is 22.6 Å². The number of hydrogen-bond acceptors (Lipinski definition) is 5. The van der Waals surface area contributed by atoms with Gasteiger partial charge in [-0.25, -0.2) is 4.39 Å². The number of ether oxygens (including phenoxy) is 5. The van der Waals surface area contributed by atoms with Gasteiger partial charge in [-0.15, -0.1) is 0 Å². The highest BCUT2D eigenvalue weighted by Gasteiger charge is 2.10. The molecule has 0 N–H and O–H groups in total. The summed E-state index contributed by atoms with van der Waals surface area (Å²) in [5.74, 6) is 2.26. The lowest BCUT2D eigenvalue weighted by Gasteiger charge is -2.16. The minimum atomic E-state index is -0.247. The molecule has 0 bridgehead atoms. The molecular formula is C36H41FO5. The Morgan fingerprint density at radius 2 is 1.26 bits per heavy atom. The van der Waals surface area contributed by atoms with E-state index in [1.165, 1.54) is 0 Å². The van der Waals surface area contributed by atoms with Gasteiger partial charge in [-0.1, -0.05) is 62.7 Å². The van der Waals surface area contributed by atoms with Crippen LogP contribution in [-0.4, -0.2) is 38.6 Å². The molecule has 0 radical (unpaired) electrons. The third-order valence-corrected chi connectivity index (χ3v) is 6.33. The maximum absolute atomic E-state index is 15.1. The normalized spacial score (nSPS) is 12.1. The fourth-order valence-electron chi connectivity index (χ4n) is 4.04. The third-order valence-electron chi connectivity index (χ3n) is 6.33. The molecule has 6 heteroatoms. The quantitative estimate of drug-likeness (QED) is 0.0822. The molecule has 0 saturated carbocycles. The van der Waals surface area contributed by atoms with Crippen LogP contribution in [0.5, 0.6) is 11.5 Å². The third kappa shape index (κ3) is 10.9. The standard InChI is InChI=1S/C36H41FO5/c1-7-26(3)39-22-21-38-24-28(5)41-34-18-14-32(15-19-34)35-20-13-31(23-36(35)37)10-9-30-11-16-33(17-12-30)42-29(6)25-40-27(4)8-2/h7-8,11-20,23,28-29H,1-4,9-10,21-22,24-25H2,5-6H3/t28-,29+/m1/s1. The zero-order valence-corrected chi connectivity index (χ0v) is 24.7. The van der Waals surface area contributed by atoms with Crippen molar-refractivity contribution in [3.63, 3.8) is 0 Å². The predicted molar refractivity (Wildman–Crippen MR) is 167 cm³/mol. The first-order valence-corrected chi connectivity index (χ1v) is 14.0. The molecule has 42 heavy (non-hydrogen) atoms. The lowest BCUT2D eigenvalue weighted by molar-refractivity contribution is 0.0330. The Kier molecular flexibility index (Phi) is 12.9. The molecule has 0 aromatic heterocycles. The van der Waals surface area contributed by atoms with Crippen LogP contribution in [0.25, 0.3) is 11.1 Å². The Hall–Kier alpha value is -4.29. The van der Waals surface area contributed by atoms with E-state index >= 15 is 4.39 Å². The number of rotatable bonds is 19. The Morgan fingerprint density at radius 3 is 1.88 bits per heavy atom. The fourth-order valence-corrected chi connectivity index (χ4v) is 4.04. The van der Waals surface area contributed by atoms with E-state index in [-0.39, 0.29) is 18.0 Å². The molecule has 0 aliphatic carbocycles. The summed E-state index contributed by atoms with van der Waals surface area (Å²) in [6.45, 7) is 20.1. The van der Waals surface area contributed by atoms with Gasteiger partial charge in [-0.2, -0.15) is 0 Å². The molecule has 0 aliphatic heterocycles. The summed E-state index contributed by atoms with van der Waals surface area (Å²) in [7, 11) is 0. The molecule has 0 heterocycles. The van der Waals surface area contributed by atoms with Gasteiger partial charge in [-0.3, -0.25) is 0 Å². The highest BCUT2D eigenvalue weighted by atomic mass is 19.1. The van der Waals surface area contributed by atoms with Crippen LogP contribution in [0.3, 0.4) is 0 Å². The molecular weight excluding hydrogens is 531 g/mol. The van der Waals surface area contributed by atoms with E-state index in [9.17, 15) is 0 Å². The summed E-state index contributed by atoms with van der Waals surface area (Å²) in [5, 5.41) is 0. The summed E-state index contributed by atoms with van der Waals surface area (Å²) < 4.78 is 43.2. The second kappa shape index (κ2) is 16.8. The Bertz CT molecular complexity index is 1310. The van der Waals surface area contributed by atoms with Gasteiger partial charge < -0.3 is 23.7 Å². The van der Waals surface area contributed by atoms with Gasteiger partial charge in [-0.05, 0) is 85.9 Å². The highest BCUT2D eigenvalue weighted by molar-refractivity contribution is 5.65. The van der Waals surface area contributed by atoms with Gasteiger partial charge in [0.2, 0.25) is 0 Å². The maximum Gasteiger partial charge on any atom is 0.131 e. The van der Waals surface area contributed by atoms with Crippen LogP contribution in [0.1, 0.15) is 25.0 Å². The highest BCUT2D eigenvalue weighted by Crippen LogP contribution is 2.27. The average molecular weight is 573 g/mol. The van der Waals surface area contributed by atoms with Crippen molar-refractivity contribution in [3.05, 3.63) is 134 Å². The van der Waals surface area contributed by atoms with Crippen molar-refractivity contribution in [1.82, 2.24) is 0 Å². The van der Waals surface area contributed by atoms with Crippen molar-refractivity contribution in [2.75, 3.05) is 26.4 Å². The summed E-state index contributed by atoms with van der Waals surface area (Å²) in [6.07, 6.45) is 4.37. The van der Waals surface area contributed by atoms with Crippen LogP contribution < -0.4 is 9.47 Å². The monoisotopic (exact) mass is 572 g/mol. The summed E-state index contributed by atoms with van der Waals surface area (Å²) in [6, 6.07) is 20.8. The first-order valence-electron chi connectivity index (χ1n) is 14.0. The minimum Gasteiger partial charge on any atom is -0.492 e. The molecule has 0 saturated heterocycles. The van der Waals surface area contributed by atoms with Gasteiger partial charge >= 0.3 is 0 Å². The topological polar surface area (TPSA) is 46.2 Å². The number of hydrogen-bond donors (Lipinski definition) is 0. The van der Waals surface area contributed by atoms with Gasteiger partial charge in [0.25, 0.3) is 0 Å². The first-order chi connectivity index (χ1) is 20.3. The molecule has 0 fully saturated rings. The number of halogens is 1.